The maximum atomic E-state index is 12.1. The lowest BCUT2D eigenvalue weighted by Crippen LogP contribution is -2.47. The van der Waals surface area contributed by atoms with Gasteiger partial charge in [0.15, 0.2) is 0 Å². The minimum absolute atomic E-state index is 0.138. The molecule has 0 radical (unpaired) electrons. The highest BCUT2D eigenvalue weighted by atomic mass is 35.5. The highest BCUT2D eigenvalue weighted by Crippen LogP contribution is 2.17. The van der Waals surface area contributed by atoms with Gasteiger partial charge < -0.3 is 5.32 Å². The second kappa shape index (κ2) is 5.74. The topological polar surface area (TPSA) is 29.1 Å². The largest absolute Gasteiger partial charge is 0.346 e. The molecule has 1 unspecified atom stereocenters. The lowest BCUT2D eigenvalue weighted by Gasteiger charge is -2.27. The molecule has 1 atom stereocenters. The van der Waals surface area contributed by atoms with Crippen LogP contribution < -0.4 is 5.32 Å². The van der Waals surface area contributed by atoms with Crippen molar-refractivity contribution in [2.45, 2.75) is 32.7 Å². The van der Waals surface area contributed by atoms with Gasteiger partial charge in [-0.15, -0.1) is 11.6 Å². The third-order valence-electron chi connectivity index (χ3n) is 2.79. The third kappa shape index (κ3) is 3.90. The molecule has 0 aliphatic heterocycles. The molecule has 94 valence electrons. The first-order valence-corrected chi connectivity index (χ1v) is 6.47. The number of hydrogen-bond donors (Lipinski definition) is 1. The highest BCUT2D eigenvalue weighted by Gasteiger charge is 2.23. The van der Waals surface area contributed by atoms with E-state index in [-0.39, 0.29) is 11.4 Å². The minimum atomic E-state index is -0.380. The summed E-state index contributed by atoms with van der Waals surface area (Å²) in [5.74, 6) is 0.245. The first kappa shape index (κ1) is 14.3. The molecular weight excluding hydrogens is 257 g/mol. The monoisotopic (exact) mass is 273 g/mol. The molecule has 1 rings (SSSR count). The summed E-state index contributed by atoms with van der Waals surface area (Å²) in [4.78, 5) is 12.1. The van der Waals surface area contributed by atoms with Crippen molar-refractivity contribution in [3.8, 4) is 0 Å². The van der Waals surface area contributed by atoms with Crippen molar-refractivity contribution in [3.05, 3.63) is 34.3 Å². The Hall–Kier alpha value is -0.730. The van der Waals surface area contributed by atoms with Crippen molar-refractivity contribution in [1.29, 1.82) is 0 Å². The first-order valence-electron chi connectivity index (χ1n) is 5.56. The van der Waals surface area contributed by atoms with Crippen molar-refractivity contribution < 1.29 is 4.79 Å². The number of nitrogens with one attached hydrogen (secondary N) is 1. The summed E-state index contributed by atoms with van der Waals surface area (Å²) in [6, 6.07) is 5.29. The molecule has 1 aromatic rings. The number of aryl methyl sites for hydroxylation is 1. The van der Waals surface area contributed by atoms with E-state index in [1.807, 2.05) is 32.9 Å². The van der Waals surface area contributed by atoms with Crippen LogP contribution in [0.1, 0.15) is 36.2 Å². The zero-order valence-corrected chi connectivity index (χ0v) is 11.8. The number of rotatable bonds is 4. The van der Waals surface area contributed by atoms with Crippen LogP contribution in [0.25, 0.3) is 0 Å². The fourth-order valence-electron chi connectivity index (χ4n) is 1.43. The molecule has 0 saturated heterocycles. The fourth-order valence-corrected chi connectivity index (χ4v) is 1.98. The van der Waals surface area contributed by atoms with E-state index < -0.39 is 0 Å². The Morgan fingerprint density at radius 3 is 2.53 bits per heavy atom. The Morgan fingerprint density at radius 1 is 1.41 bits per heavy atom. The highest BCUT2D eigenvalue weighted by molar-refractivity contribution is 6.31. The molecule has 17 heavy (non-hydrogen) atoms. The smallest absolute Gasteiger partial charge is 0.251 e. The number of alkyl halides is 1. The Balaban J connectivity index is 2.90. The average Bonchev–Trinajstić information content (AvgIpc) is 2.27. The van der Waals surface area contributed by atoms with Crippen LogP contribution in [0, 0.1) is 6.92 Å². The Bertz CT molecular complexity index is 394. The second-order valence-electron chi connectivity index (χ2n) is 4.52. The van der Waals surface area contributed by atoms with Gasteiger partial charge in [0, 0.05) is 16.5 Å². The van der Waals surface area contributed by atoms with Crippen LogP contribution in [0.2, 0.25) is 5.02 Å². The van der Waals surface area contributed by atoms with Crippen molar-refractivity contribution in [1.82, 2.24) is 5.32 Å². The van der Waals surface area contributed by atoms with Gasteiger partial charge in [-0.2, -0.15) is 0 Å². The SMILES string of the molecule is CCC(C)(CCl)NC(=O)c1cc(C)cc(Cl)c1. The summed E-state index contributed by atoms with van der Waals surface area (Å²) in [5, 5.41) is 3.50. The number of carbonyl (C=O) groups excluding carboxylic acids is 1. The number of benzene rings is 1. The molecule has 0 aromatic heterocycles. The van der Waals surface area contributed by atoms with Gasteiger partial charge in [-0.3, -0.25) is 4.79 Å². The molecule has 0 bridgehead atoms. The predicted molar refractivity (Wildman–Crippen MR) is 73.1 cm³/mol. The van der Waals surface area contributed by atoms with Gasteiger partial charge in [0.1, 0.15) is 0 Å². The van der Waals surface area contributed by atoms with Crippen LogP contribution in [-0.4, -0.2) is 17.3 Å². The van der Waals surface area contributed by atoms with Gasteiger partial charge in [-0.25, -0.2) is 0 Å². The van der Waals surface area contributed by atoms with E-state index in [1.54, 1.807) is 6.07 Å². The molecule has 0 fully saturated rings. The van der Waals surface area contributed by atoms with Gasteiger partial charge in [0.25, 0.3) is 5.91 Å². The van der Waals surface area contributed by atoms with Crippen molar-refractivity contribution in [2.24, 2.45) is 0 Å². The summed E-state index contributed by atoms with van der Waals surface area (Å²) in [5.41, 5.74) is 1.15. The molecule has 0 aliphatic rings. The summed E-state index contributed by atoms with van der Waals surface area (Å²) >= 11 is 11.8. The summed E-state index contributed by atoms with van der Waals surface area (Å²) in [6.07, 6.45) is 0.780. The summed E-state index contributed by atoms with van der Waals surface area (Å²) in [6.45, 7) is 5.82. The molecule has 0 spiro atoms. The van der Waals surface area contributed by atoms with E-state index in [4.69, 9.17) is 23.2 Å². The van der Waals surface area contributed by atoms with E-state index in [1.165, 1.54) is 0 Å². The van der Waals surface area contributed by atoms with Gasteiger partial charge in [0.05, 0.1) is 5.54 Å². The number of halogens is 2. The molecule has 2 nitrogen and oxygen atoms in total. The zero-order chi connectivity index (χ0) is 13.1. The molecule has 0 heterocycles. The quantitative estimate of drug-likeness (QED) is 0.832. The standard InChI is InChI=1S/C13H17Cl2NO/c1-4-13(3,8-14)16-12(17)10-5-9(2)6-11(15)7-10/h5-7H,4,8H2,1-3H3,(H,16,17). The van der Waals surface area contributed by atoms with Crippen molar-refractivity contribution in [2.75, 3.05) is 5.88 Å². The lowest BCUT2D eigenvalue weighted by atomic mass is 10.0. The van der Waals surface area contributed by atoms with Crippen LogP contribution in [0.5, 0.6) is 0 Å². The maximum absolute atomic E-state index is 12.1. The molecule has 0 saturated carbocycles. The van der Waals surface area contributed by atoms with Crippen LogP contribution in [0.15, 0.2) is 18.2 Å². The lowest BCUT2D eigenvalue weighted by molar-refractivity contribution is 0.0912. The Morgan fingerprint density at radius 2 is 2.06 bits per heavy atom. The number of carbonyl (C=O) groups is 1. The molecule has 1 aromatic carbocycles. The van der Waals surface area contributed by atoms with Crippen molar-refractivity contribution in [3.63, 3.8) is 0 Å². The maximum Gasteiger partial charge on any atom is 0.251 e. The van der Waals surface area contributed by atoms with E-state index in [0.717, 1.165) is 12.0 Å². The normalized spacial score (nSPS) is 14.2. The van der Waals surface area contributed by atoms with Crippen LogP contribution in [0.4, 0.5) is 0 Å². The Kier molecular flexibility index (Phi) is 4.84. The number of amides is 1. The minimum Gasteiger partial charge on any atom is -0.346 e. The predicted octanol–water partition coefficient (Wildman–Crippen LogP) is 3.79. The summed E-state index contributed by atoms with van der Waals surface area (Å²) in [7, 11) is 0. The second-order valence-corrected chi connectivity index (χ2v) is 5.22. The average molecular weight is 274 g/mol. The van der Waals surface area contributed by atoms with Crippen molar-refractivity contribution >= 4 is 29.1 Å². The van der Waals surface area contributed by atoms with Gasteiger partial charge >= 0.3 is 0 Å². The first-order chi connectivity index (χ1) is 7.90. The third-order valence-corrected chi connectivity index (χ3v) is 3.60. The zero-order valence-electron chi connectivity index (χ0n) is 10.3. The van der Waals surface area contributed by atoms with Crippen LogP contribution >= 0.6 is 23.2 Å². The van der Waals surface area contributed by atoms with E-state index in [9.17, 15) is 4.79 Å². The van der Waals surface area contributed by atoms with Gasteiger partial charge in [0.2, 0.25) is 0 Å². The molecule has 4 heteroatoms. The summed E-state index contributed by atoms with van der Waals surface area (Å²) < 4.78 is 0. The molecular formula is C13H17Cl2NO. The van der Waals surface area contributed by atoms with E-state index >= 15 is 0 Å². The van der Waals surface area contributed by atoms with E-state index in [0.29, 0.717) is 16.5 Å². The fraction of sp³-hybridized carbons (Fsp3) is 0.462. The van der Waals surface area contributed by atoms with Gasteiger partial charge in [-0.1, -0.05) is 18.5 Å². The van der Waals surface area contributed by atoms with E-state index in [2.05, 4.69) is 5.32 Å². The molecule has 1 N–H and O–H groups in total. The van der Waals surface area contributed by atoms with Gasteiger partial charge in [-0.05, 0) is 44.0 Å². The van der Waals surface area contributed by atoms with Crippen LogP contribution in [0.3, 0.4) is 0 Å². The molecule has 1 amide bonds. The Labute approximate surface area is 112 Å². The number of hydrogen-bond acceptors (Lipinski definition) is 1. The van der Waals surface area contributed by atoms with Crippen LogP contribution in [-0.2, 0) is 0 Å². The molecule has 0 aliphatic carbocycles.